The second kappa shape index (κ2) is 7.68. The number of nitrogens with zero attached hydrogens (tertiary/aromatic N) is 2. The van der Waals surface area contributed by atoms with Crippen LogP contribution in [0.2, 0.25) is 0 Å². The van der Waals surface area contributed by atoms with E-state index in [1.54, 1.807) is 6.92 Å². The highest BCUT2D eigenvalue weighted by atomic mass is 32.2. The van der Waals surface area contributed by atoms with E-state index in [1.165, 1.54) is 24.3 Å². The SMILES string of the molecule is Cc1c(C)c(C)c(S(=O)(=O)N[C@@H](C)c2nc(-c3ccc(F)cc3)no2)c(C)c1C. The number of benzene rings is 2. The number of aromatic nitrogens is 2. The number of hydrogen-bond donors (Lipinski definition) is 1. The number of rotatable bonds is 5. The van der Waals surface area contributed by atoms with Crippen molar-refractivity contribution >= 4 is 10.0 Å². The summed E-state index contributed by atoms with van der Waals surface area (Å²) in [4.78, 5) is 4.54. The maximum Gasteiger partial charge on any atom is 0.244 e. The van der Waals surface area contributed by atoms with Crippen molar-refractivity contribution in [1.82, 2.24) is 14.9 Å². The third-order valence-electron chi connectivity index (χ3n) is 5.45. The molecule has 0 aliphatic carbocycles. The van der Waals surface area contributed by atoms with Crippen LogP contribution in [0.4, 0.5) is 4.39 Å². The topological polar surface area (TPSA) is 85.1 Å². The Morgan fingerprint density at radius 3 is 2.00 bits per heavy atom. The molecule has 1 heterocycles. The third-order valence-corrected chi connectivity index (χ3v) is 7.26. The van der Waals surface area contributed by atoms with Crippen LogP contribution < -0.4 is 4.72 Å². The van der Waals surface area contributed by atoms with Gasteiger partial charge in [0, 0.05) is 5.56 Å². The zero-order valence-corrected chi connectivity index (χ0v) is 18.1. The quantitative estimate of drug-likeness (QED) is 0.663. The van der Waals surface area contributed by atoms with E-state index in [1.807, 2.05) is 34.6 Å². The number of nitrogens with one attached hydrogen (secondary N) is 1. The van der Waals surface area contributed by atoms with Crippen LogP contribution in [0.3, 0.4) is 0 Å². The van der Waals surface area contributed by atoms with E-state index in [0.717, 1.165) is 27.8 Å². The highest BCUT2D eigenvalue weighted by molar-refractivity contribution is 7.89. The minimum Gasteiger partial charge on any atom is -0.337 e. The molecule has 0 bridgehead atoms. The van der Waals surface area contributed by atoms with E-state index >= 15 is 0 Å². The van der Waals surface area contributed by atoms with E-state index in [0.29, 0.717) is 5.56 Å². The van der Waals surface area contributed by atoms with E-state index in [9.17, 15) is 12.8 Å². The van der Waals surface area contributed by atoms with Crippen molar-refractivity contribution in [2.75, 3.05) is 0 Å². The molecule has 2 aromatic carbocycles. The van der Waals surface area contributed by atoms with Gasteiger partial charge in [0.1, 0.15) is 5.82 Å². The van der Waals surface area contributed by atoms with Crippen molar-refractivity contribution < 1.29 is 17.3 Å². The molecular weight excluding hydrogens is 393 g/mol. The van der Waals surface area contributed by atoms with Crippen LogP contribution in [0, 0.1) is 40.4 Å². The van der Waals surface area contributed by atoms with Gasteiger partial charge in [0.15, 0.2) is 0 Å². The molecule has 29 heavy (non-hydrogen) atoms. The maximum atomic E-state index is 13.1. The van der Waals surface area contributed by atoms with E-state index < -0.39 is 16.1 Å². The first-order chi connectivity index (χ1) is 13.5. The molecule has 0 amide bonds. The standard InChI is InChI=1S/C21H24FN3O3S/c1-11-12(2)14(4)19(15(5)13(11)3)29(26,27)25-16(6)21-23-20(24-28-21)17-7-9-18(22)10-8-17/h7-10,16,25H,1-6H3/t16-/m0/s1. The van der Waals surface area contributed by atoms with Gasteiger partial charge in [-0.15, -0.1) is 0 Å². The van der Waals surface area contributed by atoms with Gasteiger partial charge in [-0.05, 0) is 93.6 Å². The molecule has 0 saturated heterocycles. The zero-order valence-electron chi connectivity index (χ0n) is 17.3. The van der Waals surface area contributed by atoms with E-state index in [-0.39, 0.29) is 22.4 Å². The number of hydrogen-bond acceptors (Lipinski definition) is 5. The molecular formula is C21H24FN3O3S. The second-order valence-electron chi connectivity index (χ2n) is 7.26. The fourth-order valence-electron chi connectivity index (χ4n) is 3.34. The lowest BCUT2D eigenvalue weighted by molar-refractivity contribution is 0.353. The molecule has 3 rings (SSSR count). The van der Waals surface area contributed by atoms with Gasteiger partial charge in [-0.1, -0.05) is 5.16 Å². The van der Waals surface area contributed by atoms with Crippen LogP contribution in [0.25, 0.3) is 11.4 Å². The lowest BCUT2D eigenvalue weighted by Crippen LogP contribution is -2.29. The Kier molecular flexibility index (Phi) is 5.60. The van der Waals surface area contributed by atoms with Crippen molar-refractivity contribution in [3.8, 4) is 11.4 Å². The molecule has 8 heteroatoms. The molecule has 1 N–H and O–H groups in total. The fraction of sp³-hybridized carbons (Fsp3) is 0.333. The molecule has 6 nitrogen and oxygen atoms in total. The van der Waals surface area contributed by atoms with Crippen LogP contribution in [-0.2, 0) is 10.0 Å². The fourth-order valence-corrected chi connectivity index (χ4v) is 5.13. The van der Waals surface area contributed by atoms with Gasteiger partial charge in [0.2, 0.25) is 21.7 Å². The summed E-state index contributed by atoms with van der Waals surface area (Å²) in [7, 11) is -3.82. The monoisotopic (exact) mass is 417 g/mol. The smallest absolute Gasteiger partial charge is 0.244 e. The first-order valence-electron chi connectivity index (χ1n) is 9.21. The van der Waals surface area contributed by atoms with Crippen molar-refractivity contribution in [3.63, 3.8) is 0 Å². The predicted octanol–water partition coefficient (Wildman–Crippen LogP) is 4.46. The molecule has 1 atom stereocenters. The van der Waals surface area contributed by atoms with E-state index in [4.69, 9.17) is 4.52 Å². The minimum atomic E-state index is -3.82. The molecule has 0 spiro atoms. The highest BCUT2D eigenvalue weighted by Crippen LogP contribution is 2.30. The summed E-state index contributed by atoms with van der Waals surface area (Å²) in [6.45, 7) is 11.1. The summed E-state index contributed by atoms with van der Waals surface area (Å²) in [5.41, 5.74) is 5.03. The van der Waals surface area contributed by atoms with Gasteiger partial charge in [0.25, 0.3) is 0 Å². The Morgan fingerprint density at radius 2 is 1.45 bits per heavy atom. The van der Waals surface area contributed by atoms with E-state index in [2.05, 4.69) is 14.9 Å². The largest absolute Gasteiger partial charge is 0.337 e. The Bertz CT molecular complexity index is 1140. The molecule has 0 saturated carbocycles. The average Bonchev–Trinajstić information content (AvgIpc) is 3.15. The lowest BCUT2D eigenvalue weighted by atomic mass is 9.95. The summed E-state index contributed by atoms with van der Waals surface area (Å²) in [6, 6.07) is 4.92. The first-order valence-corrected chi connectivity index (χ1v) is 10.7. The van der Waals surface area contributed by atoms with Gasteiger partial charge in [-0.3, -0.25) is 0 Å². The van der Waals surface area contributed by atoms with Gasteiger partial charge in [-0.2, -0.15) is 9.71 Å². The average molecular weight is 418 g/mol. The normalized spacial score (nSPS) is 12.9. The van der Waals surface area contributed by atoms with Crippen molar-refractivity contribution in [1.29, 1.82) is 0 Å². The number of halogens is 1. The Hall–Kier alpha value is -2.58. The molecule has 0 radical (unpaired) electrons. The Labute approximate surface area is 170 Å². The Balaban J connectivity index is 1.91. The summed E-state index contributed by atoms with van der Waals surface area (Å²) >= 11 is 0. The molecule has 0 unspecified atom stereocenters. The summed E-state index contributed by atoms with van der Waals surface area (Å²) in [6.07, 6.45) is 0. The maximum absolute atomic E-state index is 13.1. The van der Waals surface area contributed by atoms with Crippen LogP contribution in [0.5, 0.6) is 0 Å². The van der Waals surface area contributed by atoms with Gasteiger partial charge in [0.05, 0.1) is 10.9 Å². The Morgan fingerprint density at radius 1 is 0.931 bits per heavy atom. The predicted molar refractivity (Wildman–Crippen MR) is 109 cm³/mol. The van der Waals surface area contributed by atoms with Crippen LogP contribution in [0.15, 0.2) is 33.7 Å². The molecule has 0 fully saturated rings. The molecule has 0 aliphatic rings. The van der Waals surface area contributed by atoms with Gasteiger partial charge < -0.3 is 4.52 Å². The lowest BCUT2D eigenvalue weighted by Gasteiger charge is -2.20. The van der Waals surface area contributed by atoms with Crippen molar-refractivity contribution in [2.24, 2.45) is 0 Å². The molecule has 1 aromatic heterocycles. The van der Waals surface area contributed by atoms with Crippen molar-refractivity contribution in [3.05, 3.63) is 63.8 Å². The van der Waals surface area contributed by atoms with Gasteiger partial charge in [-0.25, -0.2) is 12.8 Å². The summed E-state index contributed by atoms with van der Waals surface area (Å²) in [5.74, 6) is 0.0252. The zero-order chi connectivity index (χ0) is 21.5. The van der Waals surface area contributed by atoms with Gasteiger partial charge >= 0.3 is 0 Å². The van der Waals surface area contributed by atoms with Crippen LogP contribution in [0.1, 0.15) is 46.7 Å². The second-order valence-corrected chi connectivity index (χ2v) is 8.91. The summed E-state index contributed by atoms with van der Waals surface area (Å²) in [5, 5.41) is 3.87. The number of sulfonamides is 1. The van der Waals surface area contributed by atoms with Crippen LogP contribution in [-0.4, -0.2) is 18.6 Å². The molecule has 0 aliphatic heterocycles. The highest BCUT2D eigenvalue weighted by Gasteiger charge is 2.27. The van der Waals surface area contributed by atoms with Crippen LogP contribution >= 0.6 is 0 Å². The third kappa shape index (κ3) is 3.95. The first kappa shape index (κ1) is 21.1. The molecule has 3 aromatic rings. The minimum absolute atomic E-state index is 0.128. The summed E-state index contributed by atoms with van der Waals surface area (Å²) < 4.78 is 47.3. The molecule has 154 valence electrons. The van der Waals surface area contributed by atoms with Crippen molar-refractivity contribution in [2.45, 2.75) is 52.5 Å².